The minimum atomic E-state index is -0.336. The Kier molecular flexibility index (Phi) is 5.37. The van der Waals surface area contributed by atoms with Gasteiger partial charge in [0.2, 0.25) is 0 Å². The monoisotopic (exact) mass is 357 g/mol. The van der Waals surface area contributed by atoms with Crippen LogP contribution >= 0.6 is 0 Å². The van der Waals surface area contributed by atoms with E-state index in [1.54, 1.807) is 25.1 Å². The van der Waals surface area contributed by atoms with Crippen molar-refractivity contribution < 1.29 is 14.1 Å². The average Bonchev–Trinajstić information content (AvgIpc) is 3.05. The molecule has 1 aliphatic heterocycles. The fourth-order valence-electron chi connectivity index (χ4n) is 3.33. The highest BCUT2D eigenvalue weighted by Gasteiger charge is 2.23. The predicted molar refractivity (Wildman–Crippen MR) is 97.0 cm³/mol. The normalized spacial score (nSPS) is 15.8. The van der Waals surface area contributed by atoms with E-state index in [2.05, 4.69) is 10.2 Å². The van der Waals surface area contributed by atoms with E-state index in [0.29, 0.717) is 12.3 Å². The molecule has 3 rings (SSSR count). The minimum Gasteiger partial charge on any atom is -0.456 e. The highest BCUT2D eigenvalue weighted by atomic mass is 16.6. The first-order chi connectivity index (χ1) is 12.4. The maximum atomic E-state index is 12.2. The zero-order valence-corrected chi connectivity index (χ0v) is 15.0. The Labute approximate surface area is 152 Å². The van der Waals surface area contributed by atoms with Crippen molar-refractivity contribution >= 4 is 11.6 Å². The number of piperidine rings is 1. The Morgan fingerprint density at radius 1 is 1.27 bits per heavy atom. The van der Waals surface area contributed by atoms with Crippen LogP contribution in [0.1, 0.15) is 40.3 Å². The van der Waals surface area contributed by atoms with Gasteiger partial charge in [0.05, 0.1) is 4.92 Å². The van der Waals surface area contributed by atoms with Gasteiger partial charge in [0.15, 0.2) is 5.76 Å². The summed E-state index contributed by atoms with van der Waals surface area (Å²) in [4.78, 5) is 25.2. The zero-order chi connectivity index (χ0) is 18.7. The van der Waals surface area contributed by atoms with Crippen LogP contribution in [0, 0.1) is 24.0 Å². The molecular formula is C19H23N3O4. The van der Waals surface area contributed by atoms with E-state index >= 15 is 0 Å². The number of amides is 1. The van der Waals surface area contributed by atoms with Gasteiger partial charge in [-0.3, -0.25) is 19.8 Å². The summed E-state index contributed by atoms with van der Waals surface area (Å²) in [6.07, 6.45) is 1.69. The first-order valence-electron chi connectivity index (χ1n) is 8.76. The molecule has 2 heterocycles. The molecule has 1 amide bonds. The molecule has 0 unspecified atom stereocenters. The number of nitro benzene ring substituents is 1. The molecule has 0 bridgehead atoms. The summed E-state index contributed by atoms with van der Waals surface area (Å²) in [5, 5.41) is 14.1. The Hall–Kier alpha value is -2.67. The first kappa shape index (κ1) is 18.1. The summed E-state index contributed by atoms with van der Waals surface area (Å²) in [6, 6.07) is 8.80. The summed E-state index contributed by atoms with van der Waals surface area (Å²) >= 11 is 0. The molecule has 1 aromatic carbocycles. The molecule has 1 N–H and O–H groups in total. The van der Waals surface area contributed by atoms with Crippen LogP contribution in [-0.4, -0.2) is 34.9 Å². The number of nitrogens with zero attached hydrogens (tertiary/aromatic N) is 2. The van der Waals surface area contributed by atoms with Crippen LogP contribution in [0.4, 0.5) is 5.69 Å². The molecule has 1 aromatic heterocycles. The lowest BCUT2D eigenvalue weighted by Gasteiger charge is -2.32. The largest absolute Gasteiger partial charge is 0.456 e. The van der Waals surface area contributed by atoms with Crippen LogP contribution in [0.25, 0.3) is 0 Å². The molecule has 2 aromatic rings. The molecule has 0 aliphatic carbocycles. The molecule has 0 spiro atoms. The number of hydrogen-bond acceptors (Lipinski definition) is 5. The molecule has 138 valence electrons. The van der Waals surface area contributed by atoms with Gasteiger partial charge in [-0.25, -0.2) is 0 Å². The first-order valence-corrected chi connectivity index (χ1v) is 8.76. The minimum absolute atomic E-state index is 0.121. The number of aryl methyl sites for hydroxylation is 1. The summed E-state index contributed by atoms with van der Waals surface area (Å²) < 4.78 is 5.35. The van der Waals surface area contributed by atoms with Gasteiger partial charge >= 0.3 is 0 Å². The summed E-state index contributed by atoms with van der Waals surface area (Å²) in [5.74, 6) is 0.889. The number of carbonyl (C=O) groups excluding carboxylic acids is 1. The molecular weight excluding hydrogens is 334 g/mol. The molecule has 0 saturated carbocycles. The van der Waals surface area contributed by atoms with Gasteiger partial charge in [0.25, 0.3) is 11.6 Å². The topological polar surface area (TPSA) is 88.6 Å². The number of likely N-dealkylation sites (tertiary alicyclic amines) is 1. The molecule has 0 atom stereocenters. The molecule has 26 heavy (non-hydrogen) atoms. The van der Waals surface area contributed by atoms with Crippen LogP contribution in [-0.2, 0) is 6.54 Å². The van der Waals surface area contributed by atoms with Crippen LogP contribution in [0.5, 0.6) is 0 Å². The van der Waals surface area contributed by atoms with Gasteiger partial charge in [-0.1, -0.05) is 12.1 Å². The quantitative estimate of drug-likeness (QED) is 0.656. The third-order valence-electron chi connectivity index (χ3n) is 4.89. The molecule has 1 saturated heterocycles. The molecule has 7 heteroatoms. The number of rotatable bonds is 5. The van der Waals surface area contributed by atoms with Crippen molar-refractivity contribution in [3.8, 4) is 0 Å². The van der Waals surface area contributed by atoms with Crippen molar-refractivity contribution in [1.29, 1.82) is 0 Å². The lowest BCUT2D eigenvalue weighted by molar-refractivity contribution is -0.385. The lowest BCUT2D eigenvalue weighted by atomic mass is 10.0. The van der Waals surface area contributed by atoms with Gasteiger partial charge in [-0.2, -0.15) is 0 Å². The second-order valence-electron chi connectivity index (χ2n) is 6.75. The summed E-state index contributed by atoms with van der Waals surface area (Å²) in [7, 11) is 0. The van der Waals surface area contributed by atoms with Crippen LogP contribution in [0.15, 0.2) is 34.7 Å². The summed E-state index contributed by atoms with van der Waals surface area (Å²) in [5.41, 5.74) is 1.87. The van der Waals surface area contributed by atoms with Crippen LogP contribution in [0.2, 0.25) is 0 Å². The van der Waals surface area contributed by atoms with Gasteiger partial charge in [-0.15, -0.1) is 0 Å². The highest BCUT2D eigenvalue weighted by molar-refractivity contribution is 5.91. The number of nitro groups is 1. The van der Waals surface area contributed by atoms with E-state index in [1.807, 2.05) is 13.0 Å². The number of benzene rings is 1. The highest BCUT2D eigenvalue weighted by Crippen LogP contribution is 2.23. The maximum absolute atomic E-state index is 12.2. The SMILES string of the molecule is Cc1ccc(C(=O)NC2CCN(Cc3cccc([N+](=O)[O-])c3C)CC2)o1. The Balaban J connectivity index is 1.53. The van der Waals surface area contributed by atoms with Crippen molar-refractivity contribution in [3.63, 3.8) is 0 Å². The number of nitrogens with one attached hydrogen (secondary N) is 1. The van der Waals surface area contributed by atoms with Crippen molar-refractivity contribution in [2.75, 3.05) is 13.1 Å². The zero-order valence-electron chi connectivity index (χ0n) is 15.0. The molecule has 1 fully saturated rings. The van der Waals surface area contributed by atoms with E-state index in [0.717, 1.165) is 42.8 Å². The second-order valence-corrected chi connectivity index (χ2v) is 6.75. The van der Waals surface area contributed by atoms with Crippen LogP contribution < -0.4 is 5.32 Å². The number of hydrogen-bond donors (Lipinski definition) is 1. The predicted octanol–water partition coefficient (Wildman–Crippen LogP) is 3.20. The Morgan fingerprint density at radius 2 is 2.00 bits per heavy atom. The smallest absolute Gasteiger partial charge is 0.287 e. The Bertz CT molecular complexity index is 807. The van der Waals surface area contributed by atoms with Gasteiger partial charge < -0.3 is 9.73 Å². The van der Waals surface area contributed by atoms with Crippen molar-refractivity contribution in [1.82, 2.24) is 10.2 Å². The average molecular weight is 357 g/mol. The fraction of sp³-hybridized carbons (Fsp3) is 0.421. The molecule has 7 nitrogen and oxygen atoms in total. The van der Waals surface area contributed by atoms with Crippen molar-refractivity contribution in [2.45, 2.75) is 39.3 Å². The van der Waals surface area contributed by atoms with Crippen molar-refractivity contribution in [2.24, 2.45) is 0 Å². The van der Waals surface area contributed by atoms with E-state index in [1.165, 1.54) is 6.07 Å². The van der Waals surface area contributed by atoms with Gasteiger partial charge in [0, 0.05) is 37.3 Å². The maximum Gasteiger partial charge on any atom is 0.287 e. The second kappa shape index (κ2) is 7.70. The van der Waals surface area contributed by atoms with E-state index in [4.69, 9.17) is 4.42 Å². The Morgan fingerprint density at radius 3 is 2.62 bits per heavy atom. The standard InChI is InChI=1S/C19H23N3O4/c1-13-6-7-18(26-13)19(23)20-16-8-10-21(11-9-16)12-15-4-3-5-17(14(15)2)22(24)25/h3-7,16H,8-12H2,1-2H3,(H,20,23). The third-order valence-corrected chi connectivity index (χ3v) is 4.89. The van der Waals surface area contributed by atoms with E-state index < -0.39 is 0 Å². The fourth-order valence-corrected chi connectivity index (χ4v) is 3.33. The van der Waals surface area contributed by atoms with E-state index in [9.17, 15) is 14.9 Å². The number of furan rings is 1. The van der Waals surface area contributed by atoms with Crippen LogP contribution in [0.3, 0.4) is 0 Å². The van der Waals surface area contributed by atoms with E-state index in [-0.39, 0.29) is 22.6 Å². The van der Waals surface area contributed by atoms with Gasteiger partial charge in [-0.05, 0) is 44.4 Å². The van der Waals surface area contributed by atoms with Crippen molar-refractivity contribution in [3.05, 3.63) is 63.1 Å². The molecule has 0 radical (unpaired) electrons. The van der Waals surface area contributed by atoms with Gasteiger partial charge in [0.1, 0.15) is 5.76 Å². The number of carbonyl (C=O) groups is 1. The molecule has 1 aliphatic rings. The third kappa shape index (κ3) is 4.11. The lowest BCUT2D eigenvalue weighted by Crippen LogP contribution is -2.44. The summed E-state index contributed by atoms with van der Waals surface area (Å²) in [6.45, 7) is 5.97.